The molecule has 1 amide bonds. The summed E-state index contributed by atoms with van der Waals surface area (Å²) in [4.78, 5) is 11.2. The van der Waals surface area contributed by atoms with Crippen LogP contribution >= 0.6 is 15.9 Å². The Morgan fingerprint density at radius 2 is 1.94 bits per heavy atom. The standard InChI is InChI=1S/C11H14BrNO3S/c1-2-6-10(12)11(14)13-17(15,16)9-7-4-3-5-8-9/h3-5,7-8,10H,2,6H2,1H3,(H,13,14)/t10-/m0/s1. The van der Waals surface area contributed by atoms with Gasteiger partial charge >= 0.3 is 0 Å². The molecule has 0 fully saturated rings. The number of hydrogen-bond donors (Lipinski definition) is 1. The molecule has 4 nitrogen and oxygen atoms in total. The molecule has 0 aliphatic carbocycles. The maximum absolute atomic E-state index is 11.8. The van der Waals surface area contributed by atoms with Gasteiger partial charge in [-0.1, -0.05) is 47.5 Å². The van der Waals surface area contributed by atoms with E-state index in [1.54, 1.807) is 18.2 Å². The van der Waals surface area contributed by atoms with E-state index in [9.17, 15) is 13.2 Å². The van der Waals surface area contributed by atoms with E-state index in [1.807, 2.05) is 11.6 Å². The zero-order valence-corrected chi connectivity index (χ0v) is 11.8. The molecule has 1 rings (SSSR count). The van der Waals surface area contributed by atoms with E-state index in [2.05, 4.69) is 15.9 Å². The largest absolute Gasteiger partial charge is 0.273 e. The maximum atomic E-state index is 11.8. The Morgan fingerprint density at radius 3 is 2.47 bits per heavy atom. The minimum atomic E-state index is -3.75. The van der Waals surface area contributed by atoms with Crippen LogP contribution in [0.25, 0.3) is 0 Å². The zero-order valence-electron chi connectivity index (χ0n) is 9.39. The Kier molecular flexibility index (Phi) is 5.14. The van der Waals surface area contributed by atoms with Crippen LogP contribution in [-0.4, -0.2) is 19.2 Å². The first kappa shape index (κ1) is 14.2. The first-order valence-corrected chi connectivity index (χ1v) is 7.63. The van der Waals surface area contributed by atoms with Gasteiger partial charge in [0.05, 0.1) is 9.72 Å². The number of halogens is 1. The molecule has 94 valence electrons. The summed E-state index contributed by atoms with van der Waals surface area (Å²) in [5.74, 6) is -0.532. The highest BCUT2D eigenvalue weighted by molar-refractivity contribution is 9.10. The summed E-state index contributed by atoms with van der Waals surface area (Å²) in [6.07, 6.45) is 1.39. The van der Waals surface area contributed by atoms with Crippen molar-refractivity contribution in [2.24, 2.45) is 0 Å². The van der Waals surface area contributed by atoms with Gasteiger partial charge in [-0.15, -0.1) is 0 Å². The summed E-state index contributed by atoms with van der Waals surface area (Å²) in [6, 6.07) is 7.82. The highest BCUT2D eigenvalue weighted by Crippen LogP contribution is 2.11. The molecule has 0 aliphatic rings. The summed E-state index contributed by atoms with van der Waals surface area (Å²) < 4.78 is 25.6. The number of hydrogen-bond acceptors (Lipinski definition) is 3. The van der Waals surface area contributed by atoms with Crippen molar-refractivity contribution in [2.75, 3.05) is 0 Å². The molecule has 1 aromatic carbocycles. The van der Waals surface area contributed by atoms with Crippen molar-refractivity contribution >= 4 is 31.9 Å². The molecule has 0 heterocycles. The van der Waals surface area contributed by atoms with Gasteiger partial charge in [0, 0.05) is 0 Å². The Balaban J connectivity index is 2.78. The van der Waals surface area contributed by atoms with Gasteiger partial charge in [-0.25, -0.2) is 13.1 Å². The lowest BCUT2D eigenvalue weighted by Crippen LogP contribution is -2.36. The van der Waals surface area contributed by atoms with Crippen LogP contribution < -0.4 is 4.72 Å². The van der Waals surface area contributed by atoms with Gasteiger partial charge in [-0.05, 0) is 18.6 Å². The highest BCUT2D eigenvalue weighted by atomic mass is 79.9. The predicted molar refractivity (Wildman–Crippen MR) is 69.4 cm³/mol. The van der Waals surface area contributed by atoms with Gasteiger partial charge in [0.2, 0.25) is 5.91 Å². The van der Waals surface area contributed by atoms with Gasteiger partial charge in [-0.3, -0.25) is 4.79 Å². The molecule has 0 spiro atoms. The molecule has 0 aliphatic heterocycles. The van der Waals surface area contributed by atoms with E-state index in [4.69, 9.17) is 0 Å². The Bertz CT molecular complexity index is 473. The number of amides is 1. The topological polar surface area (TPSA) is 63.2 Å². The van der Waals surface area contributed by atoms with E-state index >= 15 is 0 Å². The maximum Gasteiger partial charge on any atom is 0.264 e. The van der Waals surface area contributed by atoms with Crippen molar-refractivity contribution in [3.63, 3.8) is 0 Å². The fraction of sp³-hybridized carbons (Fsp3) is 0.364. The predicted octanol–water partition coefficient (Wildman–Crippen LogP) is 2.06. The van der Waals surface area contributed by atoms with Crippen LogP contribution in [0.2, 0.25) is 0 Å². The zero-order chi connectivity index (χ0) is 12.9. The van der Waals surface area contributed by atoms with Gasteiger partial charge < -0.3 is 0 Å². The lowest BCUT2D eigenvalue weighted by molar-refractivity contribution is -0.118. The number of rotatable bonds is 5. The van der Waals surface area contributed by atoms with Crippen molar-refractivity contribution in [3.05, 3.63) is 30.3 Å². The van der Waals surface area contributed by atoms with Crippen LogP contribution in [0, 0.1) is 0 Å². The Labute approximate surface area is 110 Å². The Hall–Kier alpha value is -0.880. The van der Waals surface area contributed by atoms with Crippen molar-refractivity contribution in [1.29, 1.82) is 0 Å². The fourth-order valence-electron chi connectivity index (χ4n) is 1.24. The fourth-order valence-corrected chi connectivity index (χ4v) is 3.00. The number of carbonyl (C=O) groups excluding carboxylic acids is 1. The third kappa shape index (κ3) is 4.12. The van der Waals surface area contributed by atoms with E-state index in [0.29, 0.717) is 6.42 Å². The van der Waals surface area contributed by atoms with Crippen LogP contribution in [0.1, 0.15) is 19.8 Å². The molecule has 0 saturated carbocycles. The van der Waals surface area contributed by atoms with E-state index < -0.39 is 20.8 Å². The first-order valence-electron chi connectivity index (χ1n) is 5.23. The van der Waals surface area contributed by atoms with Gasteiger partial charge in [0.15, 0.2) is 0 Å². The summed E-state index contributed by atoms with van der Waals surface area (Å²) in [5.41, 5.74) is 0. The number of benzene rings is 1. The molecule has 0 radical (unpaired) electrons. The molecular weight excluding hydrogens is 306 g/mol. The second-order valence-corrected chi connectivity index (χ2v) is 6.33. The van der Waals surface area contributed by atoms with Crippen molar-refractivity contribution in [2.45, 2.75) is 29.5 Å². The number of alkyl halides is 1. The normalized spacial score (nSPS) is 13.1. The third-order valence-electron chi connectivity index (χ3n) is 2.12. The molecule has 6 heteroatoms. The third-order valence-corrected chi connectivity index (χ3v) is 4.35. The van der Waals surface area contributed by atoms with Crippen LogP contribution in [0.15, 0.2) is 35.2 Å². The summed E-state index contributed by atoms with van der Waals surface area (Å²) in [7, 11) is -3.75. The van der Waals surface area contributed by atoms with Crippen LogP contribution in [-0.2, 0) is 14.8 Å². The first-order chi connectivity index (χ1) is 7.97. The molecule has 0 unspecified atom stereocenters. The van der Waals surface area contributed by atoms with Crippen LogP contribution in [0.3, 0.4) is 0 Å². The SMILES string of the molecule is CCC[C@H](Br)C(=O)NS(=O)(=O)c1ccccc1. The summed E-state index contributed by atoms with van der Waals surface area (Å²) >= 11 is 3.15. The van der Waals surface area contributed by atoms with Crippen molar-refractivity contribution in [1.82, 2.24) is 4.72 Å². The second kappa shape index (κ2) is 6.16. The minimum absolute atomic E-state index is 0.0875. The van der Waals surface area contributed by atoms with E-state index in [-0.39, 0.29) is 4.90 Å². The average Bonchev–Trinajstić information content (AvgIpc) is 2.30. The van der Waals surface area contributed by atoms with Gasteiger partial charge in [0.1, 0.15) is 0 Å². The average molecular weight is 320 g/mol. The monoisotopic (exact) mass is 319 g/mol. The lowest BCUT2D eigenvalue weighted by atomic mass is 10.2. The molecule has 0 saturated heterocycles. The number of sulfonamides is 1. The van der Waals surface area contributed by atoms with Gasteiger partial charge in [0.25, 0.3) is 10.0 Å². The summed E-state index contributed by atoms with van der Waals surface area (Å²) in [6.45, 7) is 1.92. The summed E-state index contributed by atoms with van der Waals surface area (Å²) in [5, 5.41) is 0. The number of carbonyl (C=O) groups is 1. The molecule has 17 heavy (non-hydrogen) atoms. The lowest BCUT2D eigenvalue weighted by Gasteiger charge is -2.10. The highest BCUT2D eigenvalue weighted by Gasteiger charge is 2.21. The molecule has 0 aromatic heterocycles. The molecule has 0 bridgehead atoms. The van der Waals surface area contributed by atoms with Crippen molar-refractivity contribution in [3.8, 4) is 0 Å². The minimum Gasteiger partial charge on any atom is -0.273 e. The van der Waals surface area contributed by atoms with Crippen molar-refractivity contribution < 1.29 is 13.2 Å². The number of nitrogens with one attached hydrogen (secondary N) is 1. The molecule has 1 atom stereocenters. The molecular formula is C11H14BrNO3S. The van der Waals surface area contributed by atoms with Gasteiger partial charge in [-0.2, -0.15) is 0 Å². The van der Waals surface area contributed by atoms with Crippen LogP contribution in [0.4, 0.5) is 0 Å². The van der Waals surface area contributed by atoms with Crippen LogP contribution in [0.5, 0.6) is 0 Å². The van der Waals surface area contributed by atoms with E-state index in [0.717, 1.165) is 6.42 Å². The molecule has 1 N–H and O–H groups in total. The van der Waals surface area contributed by atoms with E-state index in [1.165, 1.54) is 12.1 Å². The quantitative estimate of drug-likeness (QED) is 0.845. The molecule has 1 aromatic rings. The Morgan fingerprint density at radius 1 is 1.35 bits per heavy atom. The smallest absolute Gasteiger partial charge is 0.264 e. The second-order valence-electron chi connectivity index (χ2n) is 3.54.